The number of hydrogen-bond donors (Lipinski definition) is 10. The van der Waals surface area contributed by atoms with Crippen molar-refractivity contribution in [2.24, 2.45) is 17.2 Å². The number of nitro benzene ring substituents is 1. The molecule has 2 fully saturated rings. The first-order chi connectivity index (χ1) is 55.7. The zero-order chi connectivity index (χ0) is 87.9. The van der Waals surface area contributed by atoms with E-state index >= 15 is 0 Å². The van der Waals surface area contributed by atoms with E-state index in [1.165, 1.54) is 104 Å². The van der Waals surface area contributed by atoms with Gasteiger partial charge < -0.3 is 81.7 Å². The zero-order valence-corrected chi connectivity index (χ0v) is 68.2. The van der Waals surface area contributed by atoms with Crippen molar-refractivity contribution in [3.63, 3.8) is 0 Å². The van der Waals surface area contributed by atoms with Gasteiger partial charge in [-0.1, -0.05) is 61.5 Å². The molecule has 5 amide bonds. The lowest BCUT2D eigenvalue weighted by molar-refractivity contribution is -0.384. The van der Waals surface area contributed by atoms with Crippen molar-refractivity contribution < 1.29 is 97.0 Å². The number of carbonyl (C=O) groups is 11. The molecule has 2 unspecified atom stereocenters. The number of aromatic amines is 2. The maximum absolute atomic E-state index is 12.9. The number of aromatic nitrogens is 4. The van der Waals surface area contributed by atoms with Crippen LogP contribution in [0.25, 0.3) is 0 Å². The van der Waals surface area contributed by atoms with Crippen molar-refractivity contribution in [3.8, 4) is 5.75 Å². The molecule has 2 aliphatic rings. The van der Waals surface area contributed by atoms with Gasteiger partial charge in [0, 0.05) is 130 Å². The number of benzene rings is 4. The quantitative estimate of drug-likeness (QED) is 0.00759. The van der Waals surface area contributed by atoms with Crippen LogP contribution in [0, 0.1) is 24.0 Å². The fraction of sp³-hybridized carbons (Fsp3) is 0.463. The largest absolute Gasteiger partial charge is 1.00 e. The summed E-state index contributed by atoms with van der Waals surface area (Å²) in [5.41, 5.74) is 17.8. The lowest BCUT2D eigenvalue weighted by Gasteiger charge is -2.26. The maximum Gasteiger partial charge on any atom is 1.00 e. The SMILES string of the molecule is CC[C@H]1O[C@@H](n2cc(C)c(=O)[nH]c2=O)CC1OC(=O)CCC(=O)NCCNC(=O)c1cc(C(C)(C)C)cc(C(C)(C)C)c1.CC[C@H]1O[C@@H](n2cc(C)c(=O)[nH]c2=O)CC1OC(=O)CCC(=O)Oc1ccc([N+](=O)[O-])cc1.COC(=O)c1cc(C(=O)OC)cc(C(=O)OC)c1.NCCNC(=O)c1cc(C(=O)NCCN)cc(C(=O)NCCN)c1.[H+]. The highest BCUT2D eigenvalue weighted by Gasteiger charge is 2.40. The topological polar surface area (TPSA) is 553 Å². The lowest BCUT2D eigenvalue weighted by Crippen LogP contribution is -2.35. The monoisotopic (exact) mass is 1650 g/mol. The van der Waals surface area contributed by atoms with Crippen LogP contribution in [-0.4, -0.2) is 187 Å². The summed E-state index contributed by atoms with van der Waals surface area (Å²) in [7, 11) is 3.60. The number of rotatable bonds is 30. The third-order valence-corrected chi connectivity index (χ3v) is 17.9. The van der Waals surface area contributed by atoms with E-state index in [1.807, 2.05) is 26.0 Å². The molecule has 4 heterocycles. The van der Waals surface area contributed by atoms with Gasteiger partial charge in [-0.15, -0.1) is 0 Å². The number of nitrogens with zero attached hydrogens (tertiary/aromatic N) is 3. The summed E-state index contributed by atoms with van der Waals surface area (Å²) in [5, 5.41) is 24.0. The molecule has 2 saturated heterocycles. The molecule has 0 aliphatic carbocycles. The molecule has 0 spiro atoms. The number of H-pyrrole nitrogens is 2. The Morgan fingerprint density at radius 3 is 1.16 bits per heavy atom. The molecular formula is C80H106N13O25+. The molecule has 118 heavy (non-hydrogen) atoms. The molecule has 6 atom stereocenters. The van der Waals surface area contributed by atoms with Crippen LogP contribution in [0.5, 0.6) is 5.75 Å². The minimum Gasteiger partial charge on any atom is -0.465 e. The normalized spacial score (nSPS) is 15.9. The van der Waals surface area contributed by atoms with E-state index in [2.05, 4.69) is 98.4 Å². The van der Waals surface area contributed by atoms with Crippen LogP contribution in [0.4, 0.5) is 5.69 Å². The predicted molar refractivity (Wildman–Crippen MR) is 428 cm³/mol. The highest BCUT2D eigenvalue weighted by atomic mass is 16.6. The number of esters is 6. The van der Waals surface area contributed by atoms with Gasteiger partial charge in [-0.3, -0.25) is 77.2 Å². The molecule has 13 N–H and O–H groups in total. The van der Waals surface area contributed by atoms with E-state index in [4.69, 9.17) is 40.9 Å². The zero-order valence-electron chi connectivity index (χ0n) is 69.2. The van der Waals surface area contributed by atoms with Gasteiger partial charge in [-0.05, 0) is 109 Å². The highest BCUT2D eigenvalue weighted by Crippen LogP contribution is 2.35. The van der Waals surface area contributed by atoms with E-state index in [1.54, 1.807) is 13.8 Å². The number of aryl methyl sites for hydroxylation is 2. The van der Waals surface area contributed by atoms with Crippen molar-refractivity contribution >= 4 is 71.0 Å². The molecular weight excluding hydrogens is 1540 g/mol. The van der Waals surface area contributed by atoms with Crippen molar-refractivity contribution in [2.45, 2.75) is 168 Å². The maximum atomic E-state index is 12.9. The second kappa shape index (κ2) is 45.8. The number of amides is 5. The van der Waals surface area contributed by atoms with Gasteiger partial charge in [0.15, 0.2) is 0 Å². The van der Waals surface area contributed by atoms with E-state index < -0.39 is 118 Å². The molecule has 0 saturated carbocycles. The summed E-state index contributed by atoms with van der Waals surface area (Å²) >= 11 is 0. The number of nitrogens with two attached hydrogens (primary N) is 3. The molecule has 38 nitrogen and oxygen atoms in total. The summed E-state index contributed by atoms with van der Waals surface area (Å²) in [6, 6.07) is 19.0. The number of non-ortho nitro benzene ring substituents is 1. The Bertz CT molecular complexity index is 4630. The Hall–Kier alpha value is -12.4. The van der Waals surface area contributed by atoms with Crippen LogP contribution in [0.1, 0.15) is 215 Å². The molecule has 8 rings (SSSR count). The minimum absolute atomic E-state index is 0. The van der Waals surface area contributed by atoms with Crippen LogP contribution in [-0.2, 0) is 63.2 Å². The summed E-state index contributed by atoms with van der Waals surface area (Å²) in [6.45, 7) is 21.7. The number of nitrogens with one attached hydrogen (secondary N) is 7. The van der Waals surface area contributed by atoms with Crippen LogP contribution >= 0.6 is 0 Å². The molecule has 4 aromatic carbocycles. The first-order valence-electron chi connectivity index (χ1n) is 37.7. The number of carbonyl (C=O) groups excluding carboxylic acids is 11. The van der Waals surface area contributed by atoms with Gasteiger partial charge in [0.1, 0.15) is 30.4 Å². The molecule has 38 heteroatoms. The van der Waals surface area contributed by atoms with Gasteiger partial charge in [0.25, 0.3) is 40.4 Å². The first-order valence-corrected chi connectivity index (χ1v) is 37.7. The molecule has 640 valence electrons. The van der Waals surface area contributed by atoms with Crippen molar-refractivity contribution in [1.29, 1.82) is 0 Å². The minimum atomic E-state index is -0.706. The van der Waals surface area contributed by atoms with Gasteiger partial charge in [-0.25, -0.2) is 24.0 Å². The molecule has 2 aromatic heterocycles. The van der Waals surface area contributed by atoms with Gasteiger partial charge >= 0.3 is 48.6 Å². The van der Waals surface area contributed by atoms with Crippen LogP contribution in [0.15, 0.2) is 110 Å². The van der Waals surface area contributed by atoms with E-state index in [0.29, 0.717) is 29.5 Å². The molecule has 0 radical (unpaired) electrons. The Morgan fingerprint density at radius 2 is 0.822 bits per heavy atom. The Labute approximate surface area is 680 Å². The standard InChI is InChI=1S/C32H46N4O7.C21H23N3O9.C15H24N6O3.C12H12O6/c1-9-23-24(17-26(42-23)36-18-19(2)28(39)35-30(36)41)43-27(38)11-10-25(37)33-12-13-34-29(40)20-14-21(31(3,4)5)16-22(15-20)32(6,7)8;1-3-15-16(10-17(32-15)23-11-12(2)20(27)22-21(23)28)33-19(26)9-8-18(25)31-14-6-4-13(5-7-14)24(29)30;16-1-4-19-13(22)10-7-11(14(23)20-5-2-17)9-12(8-10)15(24)21-6-3-18;1-16-10(13)7-4-8(11(14)17-2)6-9(5-7)12(15)18-3/h14-16,18,23-24,26H,9-13,17H2,1-8H3,(H,33,37)(H,34,40)(H,35,39,41);4-7,11,15-17H,3,8-10H2,1-2H3,(H,22,27,28);7-9H,1-6,16-18H2,(H,19,22)(H,20,23)(H,21,24);4-6H,1-3H3/p+1/t23-,24?,26-;15-,16?,17-;;/m11../s1. The fourth-order valence-corrected chi connectivity index (χ4v) is 11.4. The van der Waals surface area contributed by atoms with E-state index in [9.17, 15) is 82.0 Å². The predicted octanol–water partition coefficient (Wildman–Crippen LogP) is 4.04. The van der Waals surface area contributed by atoms with Crippen LogP contribution in [0.2, 0.25) is 0 Å². The van der Waals surface area contributed by atoms with Gasteiger partial charge in [0.2, 0.25) is 5.91 Å². The summed E-state index contributed by atoms with van der Waals surface area (Å²) in [5.74, 6) is -5.52. The Balaban J connectivity index is 0.000000349. The summed E-state index contributed by atoms with van der Waals surface area (Å²) in [6.07, 6.45) is 0.214. The van der Waals surface area contributed by atoms with Gasteiger partial charge in [0.05, 0.1) is 74.4 Å². The summed E-state index contributed by atoms with van der Waals surface area (Å²) < 4.78 is 44.0. The lowest BCUT2D eigenvalue weighted by atomic mass is 9.79. The third-order valence-electron chi connectivity index (χ3n) is 17.9. The first kappa shape index (κ1) is 96.2. The average molecular weight is 1650 g/mol. The molecule has 6 aromatic rings. The second-order valence-electron chi connectivity index (χ2n) is 28.9. The summed E-state index contributed by atoms with van der Waals surface area (Å²) in [4.78, 5) is 195. The van der Waals surface area contributed by atoms with Gasteiger partial charge in [-0.2, -0.15) is 0 Å². The van der Waals surface area contributed by atoms with Crippen molar-refractivity contribution in [1.82, 2.24) is 45.7 Å². The number of methoxy groups -OCH3 is 3. The van der Waals surface area contributed by atoms with Crippen molar-refractivity contribution in [2.75, 3.05) is 73.7 Å². The number of nitro groups is 1. The van der Waals surface area contributed by atoms with Crippen molar-refractivity contribution in [3.05, 3.63) is 204 Å². The van der Waals surface area contributed by atoms with Crippen LogP contribution in [0.3, 0.4) is 0 Å². The smallest absolute Gasteiger partial charge is 0.465 e. The number of ether oxygens (including phenoxy) is 8. The average Bonchev–Trinajstić information content (AvgIpc) is 1.58. The number of hydrogen-bond acceptors (Lipinski definition) is 28. The fourth-order valence-electron chi connectivity index (χ4n) is 11.4. The molecule has 2 aliphatic heterocycles. The van der Waals surface area contributed by atoms with E-state index in [0.717, 1.165) is 11.1 Å². The second-order valence-corrected chi connectivity index (χ2v) is 28.9. The highest BCUT2D eigenvalue weighted by molar-refractivity contribution is 6.05. The third kappa shape index (κ3) is 29.4. The van der Waals surface area contributed by atoms with Crippen LogP contribution < -0.4 is 71.0 Å². The Morgan fingerprint density at radius 1 is 0.492 bits per heavy atom. The molecule has 0 bridgehead atoms. The van der Waals surface area contributed by atoms with E-state index in [-0.39, 0.29) is 160 Å². The Kier molecular flexibility index (Phi) is 37.3.